The van der Waals surface area contributed by atoms with Crippen molar-refractivity contribution >= 4 is 0 Å². The Labute approximate surface area is 53.1 Å². The zero-order valence-corrected chi connectivity index (χ0v) is 4.94. The minimum Gasteiger partial charge on any atom is -0.403 e. The highest BCUT2D eigenvalue weighted by Crippen LogP contribution is 1.80. The van der Waals surface area contributed by atoms with E-state index in [4.69, 9.17) is 21.8 Å². The molecule has 0 aromatic heterocycles. The standard InChI is InChI=1S/C4H11N3O2/c5-1-2-7(6)3-4(8)9/h1-2,4,8-9H,3,5-6H2/b2-1-. The van der Waals surface area contributed by atoms with Crippen LogP contribution in [-0.2, 0) is 0 Å². The molecule has 0 saturated heterocycles. The van der Waals surface area contributed by atoms with Crippen LogP contribution in [0.15, 0.2) is 12.4 Å². The van der Waals surface area contributed by atoms with E-state index in [1.54, 1.807) is 0 Å². The van der Waals surface area contributed by atoms with Gasteiger partial charge in [-0.25, -0.2) is 5.84 Å². The molecule has 0 amide bonds. The Balaban J connectivity index is 3.38. The fraction of sp³-hybridized carbons (Fsp3) is 0.500. The van der Waals surface area contributed by atoms with Crippen molar-refractivity contribution in [1.82, 2.24) is 5.01 Å². The number of hydrogen-bond donors (Lipinski definition) is 4. The number of nitrogens with zero attached hydrogens (tertiary/aromatic N) is 1. The number of hydrazine groups is 1. The first-order valence-corrected chi connectivity index (χ1v) is 2.42. The van der Waals surface area contributed by atoms with E-state index in [9.17, 15) is 0 Å². The maximum atomic E-state index is 8.31. The summed E-state index contributed by atoms with van der Waals surface area (Å²) in [4.78, 5) is 0. The Morgan fingerprint density at radius 2 is 2.11 bits per heavy atom. The van der Waals surface area contributed by atoms with E-state index >= 15 is 0 Å². The molecule has 0 spiro atoms. The topological polar surface area (TPSA) is 95.7 Å². The van der Waals surface area contributed by atoms with Gasteiger partial charge in [0, 0.05) is 12.4 Å². The van der Waals surface area contributed by atoms with E-state index in [2.05, 4.69) is 0 Å². The molecule has 0 fully saturated rings. The van der Waals surface area contributed by atoms with Crippen LogP contribution in [0, 0.1) is 0 Å². The third-order valence-corrected chi connectivity index (χ3v) is 0.652. The number of rotatable bonds is 3. The molecule has 5 nitrogen and oxygen atoms in total. The number of aliphatic hydroxyl groups excluding tert-OH is 1. The van der Waals surface area contributed by atoms with E-state index in [1.165, 1.54) is 12.4 Å². The zero-order chi connectivity index (χ0) is 7.28. The first-order valence-electron chi connectivity index (χ1n) is 2.42. The van der Waals surface area contributed by atoms with Crippen LogP contribution in [0.1, 0.15) is 0 Å². The third-order valence-electron chi connectivity index (χ3n) is 0.652. The number of nitrogens with two attached hydrogens (primary N) is 2. The summed E-state index contributed by atoms with van der Waals surface area (Å²) in [7, 11) is 0. The summed E-state index contributed by atoms with van der Waals surface area (Å²) in [6.45, 7) is -0.0479. The van der Waals surface area contributed by atoms with Crippen LogP contribution >= 0.6 is 0 Å². The van der Waals surface area contributed by atoms with Crippen molar-refractivity contribution < 1.29 is 10.2 Å². The van der Waals surface area contributed by atoms with E-state index in [0.29, 0.717) is 0 Å². The van der Waals surface area contributed by atoms with Crippen molar-refractivity contribution in [1.29, 1.82) is 0 Å². The molecule has 5 heteroatoms. The van der Waals surface area contributed by atoms with Crippen LogP contribution in [0.25, 0.3) is 0 Å². The lowest BCUT2D eigenvalue weighted by Gasteiger charge is -2.13. The summed E-state index contributed by atoms with van der Waals surface area (Å²) in [6.07, 6.45) is 1.12. The molecule has 0 atom stereocenters. The predicted molar refractivity (Wildman–Crippen MR) is 32.4 cm³/mol. The normalized spacial score (nSPS) is 11.1. The molecule has 54 valence electrons. The molecular formula is C4H11N3O2. The smallest absolute Gasteiger partial charge is 0.170 e. The molecule has 0 aliphatic carbocycles. The maximum Gasteiger partial charge on any atom is 0.170 e. The fourth-order valence-electron chi connectivity index (χ4n) is 0.360. The molecule has 0 heterocycles. The molecule has 0 unspecified atom stereocenters. The molecule has 0 radical (unpaired) electrons. The summed E-state index contributed by atoms with van der Waals surface area (Å²) < 4.78 is 0. The molecule has 0 saturated carbocycles. The molecule has 0 bridgehead atoms. The van der Waals surface area contributed by atoms with Crippen LogP contribution in [0.4, 0.5) is 0 Å². The SMILES string of the molecule is N/C=C\N(N)CC(O)O. The monoisotopic (exact) mass is 133 g/mol. The maximum absolute atomic E-state index is 8.31. The van der Waals surface area contributed by atoms with Crippen LogP contribution < -0.4 is 11.6 Å². The highest BCUT2D eigenvalue weighted by atomic mass is 16.5. The van der Waals surface area contributed by atoms with E-state index in [0.717, 1.165) is 5.01 Å². The van der Waals surface area contributed by atoms with Crippen molar-refractivity contribution in [2.24, 2.45) is 11.6 Å². The van der Waals surface area contributed by atoms with Gasteiger partial charge in [0.1, 0.15) is 0 Å². The van der Waals surface area contributed by atoms with Crippen molar-refractivity contribution in [3.8, 4) is 0 Å². The van der Waals surface area contributed by atoms with Gasteiger partial charge in [0.2, 0.25) is 0 Å². The zero-order valence-electron chi connectivity index (χ0n) is 4.94. The molecular weight excluding hydrogens is 122 g/mol. The Bertz CT molecular complexity index is 93.8. The molecule has 6 N–H and O–H groups in total. The Morgan fingerprint density at radius 3 is 2.44 bits per heavy atom. The second kappa shape index (κ2) is 4.13. The van der Waals surface area contributed by atoms with E-state index < -0.39 is 6.29 Å². The molecule has 0 aromatic carbocycles. The van der Waals surface area contributed by atoms with E-state index in [-0.39, 0.29) is 6.54 Å². The number of aliphatic hydroxyl groups is 2. The van der Waals surface area contributed by atoms with Crippen molar-refractivity contribution in [3.63, 3.8) is 0 Å². The van der Waals surface area contributed by atoms with Crippen molar-refractivity contribution in [3.05, 3.63) is 12.4 Å². The Morgan fingerprint density at radius 1 is 1.56 bits per heavy atom. The van der Waals surface area contributed by atoms with Crippen LogP contribution in [0.5, 0.6) is 0 Å². The highest BCUT2D eigenvalue weighted by Gasteiger charge is 1.97. The summed E-state index contributed by atoms with van der Waals surface area (Å²) in [5.74, 6) is 5.13. The summed E-state index contributed by atoms with van der Waals surface area (Å²) in [5.41, 5.74) is 4.94. The molecule has 0 aliphatic rings. The summed E-state index contributed by atoms with van der Waals surface area (Å²) in [6, 6.07) is 0. The highest BCUT2D eigenvalue weighted by molar-refractivity contribution is 4.73. The van der Waals surface area contributed by atoms with Gasteiger partial charge in [-0.1, -0.05) is 0 Å². The average molecular weight is 133 g/mol. The Kier molecular flexibility index (Phi) is 3.78. The third kappa shape index (κ3) is 5.09. The largest absolute Gasteiger partial charge is 0.403 e. The van der Waals surface area contributed by atoms with Gasteiger partial charge in [0.25, 0.3) is 0 Å². The number of hydrogen-bond acceptors (Lipinski definition) is 5. The summed E-state index contributed by atoms with van der Waals surface area (Å²) >= 11 is 0. The van der Waals surface area contributed by atoms with Gasteiger partial charge in [0.05, 0.1) is 6.54 Å². The van der Waals surface area contributed by atoms with E-state index in [1.807, 2.05) is 0 Å². The Hall–Kier alpha value is -0.780. The lowest BCUT2D eigenvalue weighted by Crippen LogP contribution is -2.33. The molecule has 0 rings (SSSR count). The molecule has 9 heavy (non-hydrogen) atoms. The van der Waals surface area contributed by atoms with Crippen LogP contribution in [0.2, 0.25) is 0 Å². The predicted octanol–water partition coefficient (Wildman–Crippen LogP) is -2.10. The van der Waals surface area contributed by atoms with Gasteiger partial charge in [0.15, 0.2) is 6.29 Å². The van der Waals surface area contributed by atoms with Gasteiger partial charge in [-0.05, 0) is 0 Å². The quantitative estimate of drug-likeness (QED) is 0.201. The van der Waals surface area contributed by atoms with Gasteiger partial charge in [-0.15, -0.1) is 0 Å². The lowest BCUT2D eigenvalue weighted by atomic mass is 10.6. The fourth-order valence-corrected chi connectivity index (χ4v) is 0.360. The van der Waals surface area contributed by atoms with Crippen LogP contribution in [-0.4, -0.2) is 28.1 Å². The van der Waals surface area contributed by atoms with Gasteiger partial charge >= 0.3 is 0 Å². The van der Waals surface area contributed by atoms with Gasteiger partial charge < -0.3 is 21.0 Å². The molecule has 0 aromatic rings. The second-order valence-electron chi connectivity index (χ2n) is 1.52. The average Bonchev–Trinajstić information content (AvgIpc) is 1.63. The van der Waals surface area contributed by atoms with Gasteiger partial charge in [-0.3, -0.25) is 0 Å². The van der Waals surface area contributed by atoms with Crippen LogP contribution in [0.3, 0.4) is 0 Å². The minimum atomic E-state index is -1.42. The first kappa shape index (κ1) is 8.22. The van der Waals surface area contributed by atoms with Crippen molar-refractivity contribution in [2.45, 2.75) is 6.29 Å². The minimum absolute atomic E-state index is 0.0479. The lowest BCUT2D eigenvalue weighted by molar-refractivity contribution is -0.0543. The second-order valence-corrected chi connectivity index (χ2v) is 1.52. The van der Waals surface area contributed by atoms with Gasteiger partial charge in [-0.2, -0.15) is 0 Å². The first-order chi connectivity index (χ1) is 4.16. The molecule has 0 aliphatic heterocycles. The summed E-state index contributed by atoms with van der Waals surface area (Å²) in [5, 5.41) is 17.7. The van der Waals surface area contributed by atoms with Crippen molar-refractivity contribution in [2.75, 3.05) is 6.54 Å².